The van der Waals surface area contributed by atoms with E-state index in [2.05, 4.69) is 0 Å². The van der Waals surface area contributed by atoms with Gasteiger partial charge in [0.15, 0.2) is 0 Å². The number of benzene rings is 2. The highest BCUT2D eigenvalue weighted by atomic mass is 35.5. The smallest absolute Gasteiger partial charge is 0.335 e. The van der Waals surface area contributed by atoms with Crippen LogP contribution in [0.1, 0.15) is 22.3 Å². The summed E-state index contributed by atoms with van der Waals surface area (Å²) in [6.45, 7) is 0.355. The summed E-state index contributed by atoms with van der Waals surface area (Å²) in [4.78, 5) is 11.2. The molecule has 7 heteroatoms. The van der Waals surface area contributed by atoms with Crippen molar-refractivity contribution in [3.8, 4) is 0 Å². The van der Waals surface area contributed by atoms with Crippen molar-refractivity contribution in [2.45, 2.75) is 17.7 Å². The number of fused-ring (bicyclic) bond motifs is 1. The van der Waals surface area contributed by atoms with Gasteiger partial charge in [-0.2, -0.15) is 0 Å². The van der Waals surface area contributed by atoms with E-state index < -0.39 is 16.0 Å². The topological polar surface area (TPSA) is 74.7 Å². The minimum Gasteiger partial charge on any atom is -0.478 e. The zero-order chi connectivity index (χ0) is 16.6. The van der Waals surface area contributed by atoms with E-state index in [4.69, 9.17) is 16.7 Å². The lowest BCUT2D eigenvalue weighted by Gasteiger charge is -2.30. The Hall–Kier alpha value is -2.05. The zero-order valence-electron chi connectivity index (χ0n) is 12.1. The first kappa shape index (κ1) is 15.8. The third-order valence-electron chi connectivity index (χ3n) is 3.79. The van der Waals surface area contributed by atoms with Gasteiger partial charge < -0.3 is 5.11 Å². The molecule has 1 N–H and O–H groups in total. The molecule has 0 aromatic heterocycles. The number of carboxylic acids is 1. The van der Waals surface area contributed by atoms with Gasteiger partial charge in [-0.15, -0.1) is 0 Å². The van der Waals surface area contributed by atoms with Crippen LogP contribution in [0.4, 0.5) is 5.69 Å². The highest BCUT2D eigenvalue weighted by Crippen LogP contribution is 2.33. The Morgan fingerprint density at radius 1 is 1.17 bits per heavy atom. The Morgan fingerprint density at radius 2 is 1.96 bits per heavy atom. The fourth-order valence-electron chi connectivity index (χ4n) is 2.70. The molecule has 3 rings (SSSR count). The number of rotatable bonds is 3. The monoisotopic (exact) mass is 351 g/mol. The van der Waals surface area contributed by atoms with E-state index in [-0.39, 0.29) is 10.5 Å². The molecule has 0 radical (unpaired) electrons. The van der Waals surface area contributed by atoms with Crippen molar-refractivity contribution < 1.29 is 18.3 Å². The van der Waals surface area contributed by atoms with E-state index in [0.29, 0.717) is 30.1 Å². The fourth-order valence-corrected chi connectivity index (χ4v) is 4.54. The van der Waals surface area contributed by atoms with Crippen LogP contribution in [0.3, 0.4) is 0 Å². The fraction of sp³-hybridized carbons (Fsp3) is 0.188. The molecule has 1 aliphatic rings. The summed E-state index contributed by atoms with van der Waals surface area (Å²) >= 11 is 5.90. The first-order chi connectivity index (χ1) is 10.9. The molecule has 0 atom stereocenters. The molecule has 0 aliphatic carbocycles. The van der Waals surface area contributed by atoms with Gasteiger partial charge in [0.1, 0.15) is 0 Å². The van der Waals surface area contributed by atoms with Gasteiger partial charge in [-0.05, 0) is 54.8 Å². The van der Waals surface area contributed by atoms with Gasteiger partial charge in [-0.3, -0.25) is 4.31 Å². The van der Waals surface area contributed by atoms with E-state index >= 15 is 0 Å². The van der Waals surface area contributed by atoms with Gasteiger partial charge in [0, 0.05) is 11.6 Å². The molecule has 2 aromatic rings. The average molecular weight is 352 g/mol. The standard InChI is InChI=1S/C16H14ClNO4S/c17-13-4-1-5-14(10-13)23(21,22)18-8-2-3-11-9-12(16(19)20)6-7-15(11)18/h1,4-7,9-10H,2-3,8H2,(H,19,20). The first-order valence-electron chi connectivity index (χ1n) is 7.04. The molecule has 2 aromatic carbocycles. The number of aromatic carboxylic acids is 1. The maximum Gasteiger partial charge on any atom is 0.335 e. The Balaban J connectivity index is 2.08. The van der Waals surface area contributed by atoms with Gasteiger partial charge in [0.2, 0.25) is 0 Å². The molecule has 0 bridgehead atoms. The summed E-state index contributed by atoms with van der Waals surface area (Å²) in [5.41, 5.74) is 1.41. The molecular weight excluding hydrogens is 338 g/mol. The Labute approximate surface area is 139 Å². The van der Waals surface area contributed by atoms with E-state index in [0.717, 1.165) is 5.56 Å². The van der Waals surface area contributed by atoms with Crippen molar-refractivity contribution in [3.05, 3.63) is 58.6 Å². The number of carboxylic acid groups (broad SMARTS) is 1. The average Bonchev–Trinajstić information content (AvgIpc) is 2.53. The number of anilines is 1. The molecule has 0 saturated heterocycles. The highest BCUT2D eigenvalue weighted by Gasteiger charge is 2.29. The molecule has 1 aliphatic heterocycles. The Bertz CT molecular complexity index is 879. The highest BCUT2D eigenvalue weighted by molar-refractivity contribution is 7.92. The largest absolute Gasteiger partial charge is 0.478 e. The molecule has 1 heterocycles. The first-order valence-corrected chi connectivity index (χ1v) is 8.86. The maximum atomic E-state index is 12.9. The van der Waals surface area contributed by atoms with Crippen LogP contribution in [-0.4, -0.2) is 26.0 Å². The quantitative estimate of drug-likeness (QED) is 0.921. The second kappa shape index (κ2) is 5.86. The summed E-state index contributed by atoms with van der Waals surface area (Å²) < 4.78 is 27.1. The van der Waals surface area contributed by atoms with Crippen LogP contribution in [0.25, 0.3) is 0 Å². The van der Waals surface area contributed by atoms with Crippen LogP contribution in [0.15, 0.2) is 47.4 Å². The van der Waals surface area contributed by atoms with Crippen molar-refractivity contribution in [1.82, 2.24) is 0 Å². The van der Waals surface area contributed by atoms with Crippen LogP contribution in [-0.2, 0) is 16.4 Å². The van der Waals surface area contributed by atoms with Crippen molar-refractivity contribution in [2.75, 3.05) is 10.8 Å². The summed E-state index contributed by atoms with van der Waals surface area (Å²) in [7, 11) is -3.73. The maximum absolute atomic E-state index is 12.9. The van der Waals surface area contributed by atoms with Crippen LogP contribution in [0.5, 0.6) is 0 Å². The third-order valence-corrected chi connectivity index (χ3v) is 5.83. The van der Waals surface area contributed by atoms with E-state index in [1.165, 1.54) is 28.6 Å². The molecule has 0 fully saturated rings. The van der Waals surface area contributed by atoms with Crippen molar-refractivity contribution in [1.29, 1.82) is 0 Å². The van der Waals surface area contributed by atoms with Crippen LogP contribution in [0, 0.1) is 0 Å². The number of carbonyl (C=O) groups is 1. The van der Waals surface area contributed by atoms with Crippen molar-refractivity contribution in [3.63, 3.8) is 0 Å². The lowest BCUT2D eigenvalue weighted by Crippen LogP contribution is -2.35. The zero-order valence-corrected chi connectivity index (χ0v) is 13.6. The molecule has 0 spiro atoms. The minimum atomic E-state index is -3.73. The van der Waals surface area contributed by atoms with Crippen LogP contribution >= 0.6 is 11.6 Å². The molecular formula is C16H14ClNO4S. The summed E-state index contributed by atoms with van der Waals surface area (Å²) in [6.07, 6.45) is 1.29. The van der Waals surface area contributed by atoms with Gasteiger partial charge >= 0.3 is 5.97 Å². The predicted molar refractivity (Wildman–Crippen MR) is 87.7 cm³/mol. The van der Waals surface area contributed by atoms with Gasteiger partial charge in [0.05, 0.1) is 16.1 Å². The molecule has 120 valence electrons. The number of aryl methyl sites for hydroxylation is 1. The predicted octanol–water partition coefficient (Wildman–Crippen LogP) is 3.18. The van der Waals surface area contributed by atoms with Crippen LogP contribution in [0.2, 0.25) is 5.02 Å². The summed E-state index contributed by atoms with van der Waals surface area (Å²) in [5, 5.41) is 9.43. The minimum absolute atomic E-state index is 0.125. The molecule has 0 unspecified atom stereocenters. The second-order valence-electron chi connectivity index (χ2n) is 5.29. The van der Waals surface area contributed by atoms with E-state index in [9.17, 15) is 13.2 Å². The lowest BCUT2D eigenvalue weighted by atomic mass is 10.0. The SMILES string of the molecule is O=C(O)c1ccc2c(c1)CCCN2S(=O)(=O)c1cccc(Cl)c1. The third kappa shape index (κ3) is 2.92. The molecule has 23 heavy (non-hydrogen) atoms. The van der Waals surface area contributed by atoms with Crippen LogP contribution < -0.4 is 4.31 Å². The van der Waals surface area contributed by atoms with E-state index in [1.54, 1.807) is 18.2 Å². The number of hydrogen-bond acceptors (Lipinski definition) is 3. The second-order valence-corrected chi connectivity index (χ2v) is 7.59. The van der Waals surface area contributed by atoms with Gasteiger partial charge in [-0.1, -0.05) is 17.7 Å². The number of sulfonamides is 1. The number of hydrogen-bond donors (Lipinski definition) is 1. The molecule has 0 amide bonds. The molecule has 5 nitrogen and oxygen atoms in total. The Kier molecular flexibility index (Phi) is 4.04. The number of nitrogens with zero attached hydrogens (tertiary/aromatic N) is 1. The van der Waals surface area contributed by atoms with E-state index in [1.807, 2.05) is 0 Å². The molecule has 0 saturated carbocycles. The summed E-state index contributed by atoms with van der Waals surface area (Å²) in [6, 6.07) is 10.6. The van der Waals surface area contributed by atoms with Crippen molar-refractivity contribution >= 4 is 33.3 Å². The van der Waals surface area contributed by atoms with Crippen molar-refractivity contribution in [2.24, 2.45) is 0 Å². The number of halogens is 1. The Morgan fingerprint density at radius 3 is 2.65 bits per heavy atom. The lowest BCUT2D eigenvalue weighted by molar-refractivity contribution is 0.0696. The summed E-state index contributed by atoms with van der Waals surface area (Å²) in [5.74, 6) is -1.03. The van der Waals surface area contributed by atoms with Gasteiger partial charge in [0.25, 0.3) is 10.0 Å². The van der Waals surface area contributed by atoms with Gasteiger partial charge in [-0.25, -0.2) is 13.2 Å². The normalized spacial score (nSPS) is 14.4.